The van der Waals surface area contributed by atoms with Crippen LogP contribution in [0.1, 0.15) is 66.3 Å². The first-order valence-electron chi connectivity index (χ1n) is 22.6. The Morgan fingerprint density at radius 3 is 1.25 bits per heavy atom. The van der Waals surface area contributed by atoms with Crippen molar-refractivity contribution < 1.29 is 18.9 Å². The van der Waals surface area contributed by atoms with E-state index in [1.54, 1.807) is 11.3 Å². The van der Waals surface area contributed by atoms with Crippen LogP contribution in [0.3, 0.4) is 0 Å². The Balaban J connectivity index is 1.04. The van der Waals surface area contributed by atoms with Gasteiger partial charge in [-0.1, -0.05) is 176 Å². The molecule has 0 spiro atoms. The molecule has 2 heterocycles. The van der Waals surface area contributed by atoms with Crippen LogP contribution < -0.4 is 9.47 Å². The van der Waals surface area contributed by atoms with Gasteiger partial charge in [0.05, 0.1) is 38.5 Å². The highest BCUT2D eigenvalue weighted by atomic mass is 32.1. The van der Waals surface area contributed by atoms with Gasteiger partial charge in [-0.3, -0.25) is 9.80 Å². The van der Waals surface area contributed by atoms with E-state index in [4.69, 9.17) is 18.9 Å². The molecule has 0 radical (unpaired) electrons. The molecule has 328 valence electrons. The summed E-state index contributed by atoms with van der Waals surface area (Å²) in [5.41, 5.74) is 9.34. The number of benzene rings is 7. The van der Waals surface area contributed by atoms with Crippen molar-refractivity contribution in [2.75, 3.05) is 13.2 Å². The summed E-state index contributed by atoms with van der Waals surface area (Å²) in [6, 6.07) is 72.7. The Labute approximate surface area is 388 Å². The smallest absolute Gasteiger partial charge is 0.124 e. The lowest BCUT2D eigenvalue weighted by molar-refractivity contribution is 0.0423. The molecule has 7 aromatic carbocycles. The third-order valence-corrected chi connectivity index (χ3v) is 13.0. The van der Waals surface area contributed by atoms with E-state index in [0.717, 1.165) is 46.8 Å². The highest BCUT2D eigenvalue weighted by Crippen LogP contribution is 2.32. The van der Waals surface area contributed by atoms with Crippen LogP contribution in [0, 0.1) is 0 Å². The summed E-state index contributed by atoms with van der Waals surface area (Å²) in [4.78, 5) is 7.39. The predicted octanol–water partition coefficient (Wildman–Crippen LogP) is 13.1. The first-order chi connectivity index (χ1) is 32.2. The number of para-hydroxylation sites is 2. The molecule has 1 aliphatic rings. The molecule has 0 saturated carbocycles. The number of fused-ring (bicyclic) bond motifs is 6. The molecule has 4 bridgehead atoms. The van der Waals surface area contributed by atoms with Crippen LogP contribution in [0.4, 0.5) is 0 Å². The van der Waals surface area contributed by atoms with E-state index in [1.165, 1.54) is 32.0 Å². The predicted molar refractivity (Wildman–Crippen MR) is 261 cm³/mol. The molecule has 6 nitrogen and oxygen atoms in total. The largest absolute Gasteiger partial charge is 0.489 e. The first-order valence-corrected chi connectivity index (χ1v) is 23.4. The van der Waals surface area contributed by atoms with Gasteiger partial charge in [0.15, 0.2) is 0 Å². The quantitative estimate of drug-likeness (QED) is 0.166. The topological polar surface area (TPSA) is 43.4 Å². The molecule has 65 heavy (non-hydrogen) atoms. The molecule has 7 heteroatoms. The maximum atomic E-state index is 6.69. The maximum absolute atomic E-state index is 6.69. The second kappa shape index (κ2) is 22.5. The summed E-state index contributed by atoms with van der Waals surface area (Å²) >= 11 is 1.76. The Kier molecular flexibility index (Phi) is 15.2. The van der Waals surface area contributed by atoms with Gasteiger partial charge < -0.3 is 18.9 Å². The van der Waals surface area contributed by atoms with E-state index >= 15 is 0 Å². The van der Waals surface area contributed by atoms with Crippen molar-refractivity contribution >= 4 is 11.3 Å². The van der Waals surface area contributed by atoms with E-state index < -0.39 is 0 Å². The van der Waals surface area contributed by atoms with E-state index in [2.05, 4.69) is 216 Å². The molecule has 0 saturated heterocycles. The minimum atomic E-state index is -0.0126. The van der Waals surface area contributed by atoms with Crippen LogP contribution in [0.2, 0.25) is 0 Å². The highest BCUT2D eigenvalue weighted by molar-refractivity contribution is 7.11. The fraction of sp³-hybridized carbons (Fsp3) is 0.207. The van der Waals surface area contributed by atoms with Crippen molar-refractivity contribution in [1.29, 1.82) is 0 Å². The van der Waals surface area contributed by atoms with Crippen molar-refractivity contribution in [1.82, 2.24) is 9.80 Å². The zero-order valence-electron chi connectivity index (χ0n) is 36.8. The molecule has 1 aromatic heterocycles. The normalized spacial score (nSPS) is 17.2. The minimum Gasteiger partial charge on any atom is -0.489 e. The lowest BCUT2D eigenvalue weighted by atomic mass is 10.0. The lowest BCUT2D eigenvalue weighted by Crippen LogP contribution is -2.31. The van der Waals surface area contributed by atoms with Gasteiger partial charge in [0.2, 0.25) is 0 Å². The maximum Gasteiger partial charge on any atom is 0.124 e. The van der Waals surface area contributed by atoms with E-state index in [0.29, 0.717) is 52.7 Å². The van der Waals surface area contributed by atoms with Gasteiger partial charge in [-0.15, -0.1) is 11.3 Å². The Morgan fingerprint density at radius 1 is 0.400 bits per heavy atom. The number of nitrogens with zero attached hydrogens (tertiary/aromatic N) is 2. The second-order valence-electron chi connectivity index (χ2n) is 16.6. The van der Waals surface area contributed by atoms with Gasteiger partial charge in [0.25, 0.3) is 0 Å². The molecule has 9 rings (SSSR count). The van der Waals surface area contributed by atoms with E-state index in [9.17, 15) is 0 Å². The number of ether oxygens (including phenoxy) is 4. The number of thiophene rings is 1. The summed E-state index contributed by atoms with van der Waals surface area (Å²) in [6.07, 6.45) is 0. The third kappa shape index (κ3) is 12.3. The van der Waals surface area contributed by atoms with Crippen LogP contribution in [0.5, 0.6) is 11.5 Å². The number of hydrogen-bond acceptors (Lipinski definition) is 7. The molecule has 0 aliphatic carbocycles. The van der Waals surface area contributed by atoms with Crippen LogP contribution in [-0.4, -0.2) is 23.0 Å². The Hall–Kier alpha value is -6.32. The molecule has 1 aliphatic heterocycles. The lowest BCUT2D eigenvalue weighted by Gasteiger charge is -2.33. The van der Waals surface area contributed by atoms with Crippen molar-refractivity contribution in [3.63, 3.8) is 0 Å². The van der Waals surface area contributed by atoms with Gasteiger partial charge in [0, 0.05) is 47.1 Å². The standard InChI is InChI=1S/C58H56N2O4S/c1-5-18-45(19-6-1)35-59-37-51-28-13-15-30-57(51)63-39-47-22-17-23-48(34-47)40-64-58-31-16-14-29-52(58)38-60(36-46-20-7-2-8-21-46)56(50-26-11-4-12-27-50)44-62-42-54-33-32-53(65-54)41-61-43-55(59)49-24-9-3-10-25-49/h1-34,55-56H,35-44H2/t55-,56-/m0/s1. The summed E-state index contributed by atoms with van der Waals surface area (Å²) < 4.78 is 26.8. The molecule has 2 atom stereocenters. The van der Waals surface area contributed by atoms with E-state index in [1.807, 2.05) is 0 Å². The van der Waals surface area contributed by atoms with Crippen molar-refractivity contribution in [3.05, 3.63) is 261 Å². The Bertz CT molecular complexity index is 2480. The SMILES string of the molecule is c1ccc(CN2Cc3ccccc3OCc3cccc(c3)COc3ccccc3CN(Cc3ccccc3)[C@H](c3ccccc3)COCc3ccc(s3)COC[C@H]2c2ccccc2)cc1. The summed E-state index contributed by atoms with van der Waals surface area (Å²) in [6.45, 7) is 5.80. The molecule has 0 unspecified atom stereocenters. The van der Waals surface area contributed by atoms with Crippen LogP contribution >= 0.6 is 11.3 Å². The molecular weight excluding hydrogens is 821 g/mol. The second-order valence-corrected chi connectivity index (χ2v) is 17.9. The summed E-state index contributed by atoms with van der Waals surface area (Å²) in [5.74, 6) is 1.75. The molecule has 0 N–H and O–H groups in total. The fourth-order valence-corrected chi connectivity index (χ4v) is 9.50. The van der Waals surface area contributed by atoms with Gasteiger partial charge in [-0.05, 0) is 63.7 Å². The Morgan fingerprint density at radius 2 is 0.800 bits per heavy atom. The minimum absolute atomic E-state index is 0.0126. The van der Waals surface area contributed by atoms with Crippen molar-refractivity contribution in [3.8, 4) is 11.5 Å². The van der Waals surface area contributed by atoms with Crippen molar-refractivity contribution in [2.45, 2.75) is 64.7 Å². The molecular formula is C58H56N2O4S. The summed E-state index contributed by atoms with van der Waals surface area (Å²) in [5, 5.41) is 0. The first kappa shape index (κ1) is 43.9. The third-order valence-electron chi connectivity index (χ3n) is 11.9. The average Bonchev–Trinajstić information content (AvgIpc) is 3.81. The van der Waals surface area contributed by atoms with Gasteiger partial charge >= 0.3 is 0 Å². The highest BCUT2D eigenvalue weighted by Gasteiger charge is 2.25. The van der Waals surface area contributed by atoms with Crippen LogP contribution in [-0.2, 0) is 62.1 Å². The van der Waals surface area contributed by atoms with Crippen molar-refractivity contribution in [2.24, 2.45) is 0 Å². The summed E-state index contributed by atoms with van der Waals surface area (Å²) in [7, 11) is 0. The monoisotopic (exact) mass is 876 g/mol. The van der Waals surface area contributed by atoms with Crippen LogP contribution in [0.25, 0.3) is 0 Å². The van der Waals surface area contributed by atoms with Gasteiger partial charge in [-0.25, -0.2) is 0 Å². The zero-order valence-corrected chi connectivity index (χ0v) is 37.6. The van der Waals surface area contributed by atoms with Gasteiger partial charge in [0.1, 0.15) is 24.7 Å². The number of hydrogen-bond donors (Lipinski definition) is 0. The van der Waals surface area contributed by atoms with Gasteiger partial charge in [-0.2, -0.15) is 0 Å². The number of rotatable bonds is 6. The fourth-order valence-electron chi connectivity index (χ4n) is 8.60. The average molecular weight is 877 g/mol. The molecule has 0 fully saturated rings. The molecule has 0 amide bonds. The van der Waals surface area contributed by atoms with E-state index in [-0.39, 0.29) is 12.1 Å². The molecule has 8 aromatic rings. The van der Waals surface area contributed by atoms with Crippen LogP contribution in [0.15, 0.2) is 206 Å². The zero-order chi connectivity index (χ0) is 43.9.